The molecule has 0 N–H and O–H groups in total. The van der Waals surface area contributed by atoms with Crippen molar-refractivity contribution < 1.29 is 4.79 Å². The average Bonchev–Trinajstić information content (AvgIpc) is 2.90. The molecule has 1 aromatic heterocycles. The van der Waals surface area contributed by atoms with Crippen molar-refractivity contribution in [2.75, 3.05) is 0 Å². The van der Waals surface area contributed by atoms with Crippen LogP contribution in [0.3, 0.4) is 0 Å². The molecule has 2 rings (SSSR count). The van der Waals surface area contributed by atoms with Gasteiger partial charge >= 0.3 is 0 Å². The minimum atomic E-state index is -0.471. The molecule has 0 bridgehead atoms. The first-order valence-corrected chi connectivity index (χ1v) is 7.33. The van der Waals surface area contributed by atoms with E-state index in [4.69, 9.17) is 0 Å². The van der Waals surface area contributed by atoms with Gasteiger partial charge in [0, 0.05) is 8.99 Å². The van der Waals surface area contributed by atoms with E-state index in [2.05, 4.69) is 32.7 Å². The third-order valence-electron chi connectivity index (χ3n) is 2.75. The van der Waals surface area contributed by atoms with Crippen LogP contribution in [-0.2, 0) is 4.79 Å². The number of aromatic nitrogens is 3. The molecule has 1 heterocycles. The second-order valence-corrected chi connectivity index (χ2v) is 6.75. The molecule has 0 aliphatic heterocycles. The topological polar surface area (TPSA) is 47.8 Å². The lowest BCUT2D eigenvalue weighted by Crippen LogP contribution is -2.24. The summed E-state index contributed by atoms with van der Waals surface area (Å²) in [5, 5.41) is 4.08. The summed E-state index contributed by atoms with van der Waals surface area (Å²) < 4.78 is 2.68. The zero-order chi connectivity index (χ0) is 14.8. The number of rotatable bonds is 3. The van der Waals surface area contributed by atoms with Gasteiger partial charge in [0.2, 0.25) is 0 Å². The van der Waals surface area contributed by atoms with Gasteiger partial charge in [-0.05, 0) is 46.4 Å². The summed E-state index contributed by atoms with van der Waals surface area (Å²) in [6.45, 7) is 5.69. The maximum absolute atomic E-state index is 12.6. The summed E-state index contributed by atoms with van der Waals surface area (Å²) in [7, 11) is 0. The molecule has 104 valence electrons. The Hall–Kier alpha value is -1.50. The third kappa shape index (κ3) is 3.53. The summed E-state index contributed by atoms with van der Waals surface area (Å²) in [5.74, 6) is 0.0292. The van der Waals surface area contributed by atoms with Gasteiger partial charge in [-0.2, -0.15) is 5.10 Å². The number of ketones is 1. The Bertz CT molecular complexity index is 622. The molecule has 1 aromatic carbocycles. The van der Waals surface area contributed by atoms with Crippen molar-refractivity contribution in [3.05, 3.63) is 46.1 Å². The smallest absolute Gasteiger partial charge is 0.186 e. The van der Waals surface area contributed by atoms with Crippen molar-refractivity contribution in [3.63, 3.8) is 0 Å². The maximum atomic E-state index is 12.6. The molecule has 4 nitrogen and oxygen atoms in total. The summed E-state index contributed by atoms with van der Waals surface area (Å²) in [5.41, 5.74) is 1.02. The van der Waals surface area contributed by atoms with Crippen LogP contribution >= 0.6 is 22.6 Å². The van der Waals surface area contributed by atoms with E-state index in [9.17, 15) is 4.79 Å². The molecule has 0 amide bonds. The van der Waals surface area contributed by atoms with Crippen LogP contribution in [0.2, 0.25) is 0 Å². The molecule has 0 aliphatic rings. The van der Waals surface area contributed by atoms with Gasteiger partial charge < -0.3 is 0 Å². The molecular weight excluding hydrogens is 365 g/mol. The zero-order valence-electron chi connectivity index (χ0n) is 11.7. The highest BCUT2D eigenvalue weighted by molar-refractivity contribution is 14.1. The summed E-state index contributed by atoms with van der Waals surface area (Å²) in [6, 6.07) is 7.98. The predicted octanol–water partition coefficient (Wildman–Crippen LogP) is 3.50. The minimum absolute atomic E-state index is 0.0292. The van der Waals surface area contributed by atoms with E-state index in [-0.39, 0.29) is 5.78 Å². The van der Waals surface area contributed by atoms with Gasteiger partial charge in [-0.15, -0.1) is 0 Å². The van der Waals surface area contributed by atoms with Crippen LogP contribution in [0.4, 0.5) is 0 Å². The van der Waals surface area contributed by atoms with E-state index in [1.807, 2.05) is 51.1 Å². The van der Waals surface area contributed by atoms with Crippen LogP contribution < -0.4 is 0 Å². The third-order valence-corrected chi connectivity index (χ3v) is 3.47. The van der Waals surface area contributed by atoms with E-state index in [1.54, 1.807) is 6.33 Å². The Balaban J connectivity index is 2.47. The quantitative estimate of drug-likeness (QED) is 0.604. The Labute approximate surface area is 132 Å². The molecule has 0 radical (unpaired) electrons. The summed E-state index contributed by atoms with van der Waals surface area (Å²) in [4.78, 5) is 16.5. The predicted molar refractivity (Wildman–Crippen MR) is 87.8 cm³/mol. The van der Waals surface area contributed by atoms with E-state index >= 15 is 0 Å². The lowest BCUT2D eigenvalue weighted by atomic mass is 9.88. The van der Waals surface area contributed by atoms with Crippen molar-refractivity contribution in [1.82, 2.24) is 14.8 Å². The van der Waals surface area contributed by atoms with Crippen molar-refractivity contribution in [2.24, 2.45) is 5.41 Å². The number of halogens is 1. The second-order valence-electron chi connectivity index (χ2n) is 5.50. The van der Waals surface area contributed by atoms with Crippen LogP contribution in [0.25, 0.3) is 11.8 Å². The van der Waals surface area contributed by atoms with Crippen molar-refractivity contribution in [2.45, 2.75) is 20.8 Å². The van der Waals surface area contributed by atoms with Gasteiger partial charge in [0.15, 0.2) is 5.78 Å². The van der Waals surface area contributed by atoms with Crippen LogP contribution in [0.5, 0.6) is 0 Å². The molecular formula is C15H16IN3O. The van der Waals surface area contributed by atoms with Crippen molar-refractivity contribution >= 4 is 40.1 Å². The van der Waals surface area contributed by atoms with Gasteiger partial charge in [0.25, 0.3) is 0 Å². The molecule has 5 heteroatoms. The standard InChI is InChI=1S/C15H16IN3O/c1-15(2,3)14(20)13(19-10-17-9-18-19)8-11-4-6-12(16)7-5-11/h4-10H,1-3H3. The maximum Gasteiger partial charge on any atom is 0.186 e. The number of carbonyl (C=O) groups excluding carboxylic acids is 1. The van der Waals surface area contributed by atoms with Crippen molar-refractivity contribution in [1.29, 1.82) is 0 Å². The van der Waals surface area contributed by atoms with E-state index in [1.165, 1.54) is 11.0 Å². The number of nitrogens with zero attached hydrogens (tertiary/aromatic N) is 3. The minimum Gasteiger partial charge on any atom is -0.292 e. The van der Waals surface area contributed by atoms with Crippen LogP contribution in [0.1, 0.15) is 26.3 Å². The molecule has 0 fully saturated rings. The van der Waals surface area contributed by atoms with Gasteiger partial charge in [-0.3, -0.25) is 4.79 Å². The van der Waals surface area contributed by atoms with Gasteiger partial charge in [-0.25, -0.2) is 9.67 Å². The first kappa shape index (κ1) is 14.9. The normalized spacial score (nSPS) is 12.5. The number of hydrogen-bond donors (Lipinski definition) is 0. The molecule has 2 aromatic rings. The summed E-state index contributed by atoms with van der Waals surface area (Å²) >= 11 is 2.25. The first-order valence-electron chi connectivity index (χ1n) is 6.25. The zero-order valence-corrected chi connectivity index (χ0v) is 13.8. The lowest BCUT2D eigenvalue weighted by Gasteiger charge is -2.18. The van der Waals surface area contributed by atoms with Crippen LogP contribution in [-0.4, -0.2) is 20.5 Å². The second kappa shape index (κ2) is 5.87. The number of allylic oxidation sites excluding steroid dienone is 1. The lowest BCUT2D eigenvalue weighted by molar-refractivity contribution is -0.120. The number of Topliss-reactive ketones (excluding diaryl/α,β-unsaturated/α-hetero) is 1. The Morgan fingerprint density at radius 1 is 1.25 bits per heavy atom. The Morgan fingerprint density at radius 3 is 2.40 bits per heavy atom. The molecule has 20 heavy (non-hydrogen) atoms. The first-order chi connectivity index (χ1) is 9.38. The van der Waals surface area contributed by atoms with Crippen LogP contribution in [0, 0.1) is 8.99 Å². The Morgan fingerprint density at radius 2 is 1.90 bits per heavy atom. The molecule has 0 unspecified atom stereocenters. The SMILES string of the molecule is CC(C)(C)C(=O)C(=Cc1ccc(I)cc1)n1cncn1. The number of carbonyl (C=O) groups is 1. The van der Waals surface area contributed by atoms with E-state index < -0.39 is 5.41 Å². The Kier molecular flexibility index (Phi) is 4.37. The van der Waals surface area contributed by atoms with E-state index in [0.29, 0.717) is 5.70 Å². The largest absolute Gasteiger partial charge is 0.292 e. The average molecular weight is 381 g/mol. The van der Waals surface area contributed by atoms with Gasteiger partial charge in [0.05, 0.1) is 0 Å². The molecule has 0 saturated heterocycles. The molecule has 0 aliphatic carbocycles. The summed E-state index contributed by atoms with van der Waals surface area (Å²) in [6.07, 6.45) is 4.82. The van der Waals surface area contributed by atoms with Crippen molar-refractivity contribution in [3.8, 4) is 0 Å². The highest BCUT2D eigenvalue weighted by atomic mass is 127. The molecule has 0 saturated carbocycles. The number of hydrogen-bond acceptors (Lipinski definition) is 3. The fourth-order valence-electron chi connectivity index (χ4n) is 1.67. The molecule has 0 spiro atoms. The monoisotopic (exact) mass is 381 g/mol. The molecule has 0 atom stereocenters. The fourth-order valence-corrected chi connectivity index (χ4v) is 2.03. The van der Waals surface area contributed by atoms with Gasteiger partial charge in [-0.1, -0.05) is 32.9 Å². The highest BCUT2D eigenvalue weighted by Gasteiger charge is 2.26. The fraction of sp³-hybridized carbons (Fsp3) is 0.267. The number of benzene rings is 1. The van der Waals surface area contributed by atoms with Crippen LogP contribution in [0.15, 0.2) is 36.9 Å². The van der Waals surface area contributed by atoms with E-state index in [0.717, 1.165) is 9.13 Å². The highest BCUT2D eigenvalue weighted by Crippen LogP contribution is 2.24. The van der Waals surface area contributed by atoms with Gasteiger partial charge in [0.1, 0.15) is 18.4 Å².